The average molecular weight is 424 g/mol. The van der Waals surface area contributed by atoms with Crippen molar-refractivity contribution in [3.63, 3.8) is 0 Å². The van der Waals surface area contributed by atoms with Gasteiger partial charge in [-0.15, -0.1) is 5.10 Å². The van der Waals surface area contributed by atoms with Gasteiger partial charge in [-0.1, -0.05) is 22.9 Å². The van der Waals surface area contributed by atoms with E-state index >= 15 is 0 Å². The largest absolute Gasteiger partial charge is 0.335 e. The molecule has 2 aromatic rings. The van der Waals surface area contributed by atoms with Crippen molar-refractivity contribution in [1.82, 2.24) is 24.8 Å². The zero-order chi connectivity index (χ0) is 19.9. The lowest BCUT2D eigenvalue weighted by Crippen LogP contribution is -2.52. The molecule has 2 saturated heterocycles. The molecule has 2 aliphatic rings. The summed E-state index contributed by atoms with van der Waals surface area (Å²) in [7, 11) is -2.90. The van der Waals surface area contributed by atoms with Crippen molar-refractivity contribution in [2.75, 3.05) is 37.7 Å². The van der Waals surface area contributed by atoms with Gasteiger partial charge in [0.25, 0.3) is 5.91 Å². The van der Waals surface area contributed by atoms with Crippen LogP contribution in [0.4, 0.5) is 0 Å². The molecular formula is C18H22ClN5O3S. The van der Waals surface area contributed by atoms with E-state index in [1.807, 2.05) is 19.1 Å². The van der Waals surface area contributed by atoms with E-state index < -0.39 is 9.84 Å². The van der Waals surface area contributed by atoms with Crippen molar-refractivity contribution in [2.24, 2.45) is 0 Å². The average Bonchev–Trinajstić information content (AvgIpc) is 3.23. The third kappa shape index (κ3) is 3.78. The summed E-state index contributed by atoms with van der Waals surface area (Å²) in [6.45, 7) is 4.27. The lowest BCUT2D eigenvalue weighted by atomic mass is 10.2. The van der Waals surface area contributed by atoms with Gasteiger partial charge in [0.2, 0.25) is 0 Å². The molecule has 0 radical (unpaired) electrons. The van der Waals surface area contributed by atoms with Crippen LogP contribution in [-0.2, 0) is 9.84 Å². The molecule has 2 aliphatic heterocycles. The highest BCUT2D eigenvalue weighted by molar-refractivity contribution is 7.91. The number of halogens is 1. The van der Waals surface area contributed by atoms with Crippen LogP contribution in [0.2, 0.25) is 5.02 Å². The number of carbonyl (C=O) groups excluding carboxylic acids is 1. The van der Waals surface area contributed by atoms with Crippen molar-refractivity contribution in [3.05, 3.63) is 40.7 Å². The number of hydrogen-bond acceptors (Lipinski definition) is 6. The molecule has 8 nitrogen and oxygen atoms in total. The number of carbonyl (C=O) groups is 1. The van der Waals surface area contributed by atoms with Gasteiger partial charge in [0.1, 0.15) is 0 Å². The monoisotopic (exact) mass is 423 g/mol. The summed E-state index contributed by atoms with van der Waals surface area (Å²) >= 11 is 6.04. The highest BCUT2D eigenvalue weighted by Crippen LogP contribution is 2.21. The third-order valence-electron chi connectivity index (χ3n) is 5.48. The van der Waals surface area contributed by atoms with Crippen molar-refractivity contribution in [2.45, 2.75) is 19.4 Å². The fraction of sp³-hybridized carbons (Fsp3) is 0.500. The van der Waals surface area contributed by atoms with E-state index in [0.717, 1.165) is 5.69 Å². The van der Waals surface area contributed by atoms with Crippen LogP contribution in [0.15, 0.2) is 24.3 Å². The predicted octanol–water partition coefficient (Wildman–Crippen LogP) is 1.17. The Morgan fingerprint density at radius 1 is 1.21 bits per heavy atom. The van der Waals surface area contributed by atoms with Crippen molar-refractivity contribution >= 4 is 27.3 Å². The van der Waals surface area contributed by atoms with Crippen LogP contribution in [0, 0.1) is 6.92 Å². The number of nitrogens with zero attached hydrogens (tertiary/aromatic N) is 5. The van der Waals surface area contributed by atoms with Gasteiger partial charge in [-0.3, -0.25) is 9.69 Å². The van der Waals surface area contributed by atoms with Crippen molar-refractivity contribution < 1.29 is 13.2 Å². The van der Waals surface area contributed by atoms with Crippen molar-refractivity contribution in [1.29, 1.82) is 0 Å². The quantitative estimate of drug-likeness (QED) is 0.736. The Balaban J connectivity index is 1.43. The molecule has 10 heteroatoms. The molecule has 1 amide bonds. The lowest BCUT2D eigenvalue weighted by Gasteiger charge is -2.37. The molecule has 1 atom stereocenters. The molecule has 2 fully saturated rings. The Kier molecular flexibility index (Phi) is 5.15. The molecule has 1 aromatic carbocycles. The first-order chi connectivity index (χ1) is 13.3. The smallest absolute Gasteiger partial charge is 0.276 e. The number of aromatic nitrogens is 3. The molecule has 4 rings (SSSR count). The molecule has 28 heavy (non-hydrogen) atoms. The van der Waals surface area contributed by atoms with Gasteiger partial charge in [0.15, 0.2) is 15.5 Å². The second-order valence-corrected chi connectivity index (χ2v) is 9.97. The van der Waals surface area contributed by atoms with Gasteiger partial charge >= 0.3 is 0 Å². The van der Waals surface area contributed by atoms with Crippen LogP contribution in [-0.4, -0.2) is 82.8 Å². The van der Waals surface area contributed by atoms with Crippen LogP contribution in [0.3, 0.4) is 0 Å². The van der Waals surface area contributed by atoms with Crippen LogP contribution >= 0.6 is 11.6 Å². The summed E-state index contributed by atoms with van der Waals surface area (Å²) in [5, 5.41) is 8.81. The normalized spacial score (nSPS) is 22.5. The number of rotatable bonds is 3. The van der Waals surface area contributed by atoms with E-state index in [0.29, 0.717) is 49.0 Å². The third-order valence-corrected chi connectivity index (χ3v) is 7.46. The van der Waals surface area contributed by atoms with E-state index in [9.17, 15) is 13.2 Å². The second-order valence-electron chi connectivity index (χ2n) is 7.30. The van der Waals surface area contributed by atoms with E-state index in [1.54, 1.807) is 21.7 Å². The minimum absolute atomic E-state index is 0.0766. The summed E-state index contributed by atoms with van der Waals surface area (Å²) in [6, 6.07) is 7.30. The minimum atomic E-state index is -2.90. The molecule has 150 valence electrons. The summed E-state index contributed by atoms with van der Waals surface area (Å²) in [5.41, 5.74) is 1.75. The first kappa shape index (κ1) is 19.4. The van der Waals surface area contributed by atoms with E-state index in [2.05, 4.69) is 15.2 Å². The number of hydrogen-bond donors (Lipinski definition) is 0. The molecule has 0 N–H and O–H groups in total. The molecule has 3 heterocycles. The van der Waals surface area contributed by atoms with Crippen LogP contribution in [0.5, 0.6) is 0 Å². The molecule has 1 unspecified atom stereocenters. The topological polar surface area (TPSA) is 88.4 Å². The van der Waals surface area contributed by atoms with Gasteiger partial charge in [-0.25, -0.2) is 13.1 Å². The molecule has 0 spiro atoms. The summed E-state index contributed by atoms with van der Waals surface area (Å²) in [5.74, 6) is 0.348. The fourth-order valence-corrected chi connectivity index (χ4v) is 5.83. The van der Waals surface area contributed by atoms with E-state index in [-0.39, 0.29) is 23.5 Å². The van der Waals surface area contributed by atoms with Gasteiger partial charge in [0, 0.05) is 37.2 Å². The molecular weight excluding hydrogens is 402 g/mol. The maximum Gasteiger partial charge on any atom is 0.276 e. The van der Waals surface area contributed by atoms with Gasteiger partial charge in [-0.2, -0.15) is 0 Å². The zero-order valence-electron chi connectivity index (χ0n) is 15.6. The summed E-state index contributed by atoms with van der Waals surface area (Å²) < 4.78 is 25.0. The van der Waals surface area contributed by atoms with E-state index in [4.69, 9.17) is 11.6 Å². The fourth-order valence-electron chi connectivity index (χ4n) is 3.88. The maximum absolute atomic E-state index is 12.9. The molecule has 1 aromatic heterocycles. The SMILES string of the molecule is Cc1c(C(=O)N2CCN(C3CCS(=O)(=O)C3)CC2)nnn1-c1cccc(Cl)c1. The van der Waals surface area contributed by atoms with Crippen LogP contribution in [0.1, 0.15) is 22.6 Å². The maximum atomic E-state index is 12.9. The Bertz CT molecular complexity index is 998. The highest BCUT2D eigenvalue weighted by Gasteiger charge is 2.35. The van der Waals surface area contributed by atoms with Crippen molar-refractivity contribution in [3.8, 4) is 5.69 Å². The standard InChI is InChI=1S/C18H22ClN5O3S/c1-13-17(20-21-24(13)15-4-2-3-14(19)11-15)18(25)23-8-6-22(7-9-23)16-5-10-28(26,27)12-16/h2-4,11,16H,5-10,12H2,1H3. The Labute approximate surface area is 169 Å². The Hall–Kier alpha value is -1.97. The Morgan fingerprint density at radius 2 is 1.96 bits per heavy atom. The van der Waals surface area contributed by atoms with Gasteiger partial charge in [0.05, 0.1) is 22.9 Å². The number of sulfone groups is 1. The number of amides is 1. The number of benzene rings is 1. The second kappa shape index (κ2) is 7.46. The van der Waals surface area contributed by atoms with Crippen LogP contribution in [0.25, 0.3) is 5.69 Å². The summed E-state index contributed by atoms with van der Waals surface area (Å²) in [4.78, 5) is 16.9. The lowest BCUT2D eigenvalue weighted by molar-refractivity contribution is 0.0581. The molecule has 0 bridgehead atoms. The minimum Gasteiger partial charge on any atom is -0.335 e. The molecule has 0 aliphatic carbocycles. The highest BCUT2D eigenvalue weighted by atomic mass is 35.5. The van der Waals surface area contributed by atoms with Crippen LogP contribution < -0.4 is 0 Å². The summed E-state index contributed by atoms with van der Waals surface area (Å²) in [6.07, 6.45) is 0.684. The number of piperazine rings is 1. The Morgan fingerprint density at radius 3 is 2.61 bits per heavy atom. The molecule has 0 saturated carbocycles. The van der Waals surface area contributed by atoms with Gasteiger partial charge in [-0.05, 0) is 31.5 Å². The first-order valence-corrected chi connectivity index (χ1v) is 11.5. The van der Waals surface area contributed by atoms with Gasteiger partial charge < -0.3 is 4.90 Å². The first-order valence-electron chi connectivity index (χ1n) is 9.26. The zero-order valence-corrected chi connectivity index (χ0v) is 17.2. The van der Waals surface area contributed by atoms with E-state index in [1.165, 1.54) is 0 Å². The predicted molar refractivity (Wildman–Crippen MR) is 106 cm³/mol.